The van der Waals surface area contributed by atoms with Crippen molar-refractivity contribution in [2.24, 2.45) is 22.9 Å². The van der Waals surface area contributed by atoms with Gasteiger partial charge in [0.05, 0.1) is 35.6 Å². The molecule has 1 aliphatic heterocycles. The quantitative estimate of drug-likeness (QED) is 0.0185. The summed E-state index contributed by atoms with van der Waals surface area (Å²) in [4.78, 5) is 47.2. The van der Waals surface area contributed by atoms with E-state index in [9.17, 15) is 29.9 Å². The van der Waals surface area contributed by atoms with Crippen LogP contribution in [0.4, 0.5) is 15.3 Å². The van der Waals surface area contributed by atoms with Crippen molar-refractivity contribution in [2.75, 3.05) is 32.3 Å². The highest BCUT2D eigenvalue weighted by molar-refractivity contribution is 6.18. The summed E-state index contributed by atoms with van der Waals surface area (Å²) in [6, 6.07) is 33.8. The van der Waals surface area contributed by atoms with Crippen molar-refractivity contribution in [3.63, 3.8) is 0 Å². The minimum atomic E-state index is -1.62. The number of nitrogens with zero attached hydrogens (tertiary/aromatic N) is 3. The van der Waals surface area contributed by atoms with Crippen LogP contribution in [0.1, 0.15) is 73.1 Å². The number of hydrogen-bond donors (Lipinski definition) is 3. The number of nitrogens with one attached hydrogen (secondary N) is 1. The van der Waals surface area contributed by atoms with E-state index in [0.29, 0.717) is 54.9 Å². The Morgan fingerprint density at radius 2 is 1.68 bits per heavy atom. The van der Waals surface area contributed by atoms with Crippen molar-refractivity contribution in [3.05, 3.63) is 172 Å². The highest BCUT2D eigenvalue weighted by atomic mass is 35.5. The lowest BCUT2D eigenvalue weighted by molar-refractivity contribution is -0.384. The second kappa shape index (κ2) is 24.6. The Kier molecular flexibility index (Phi) is 17.6. The normalized spacial score (nSPS) is 21.3. The first-order chi connectivity index (χ1) is 35.2. The van der Waals surface area contributed by atoms with E-state index in [4.69, 9.17) is 40.5 Å². The molecule has 0 unspecified atom stereocenters. The maximum absolute atomic E-state index is 14.9. The number of alkyl halides is 1. The maximum Gasteiger partial charge on any atom is 0.412 e. The number of benzene rings is 5. The topological polar surface area (TPSA) is 192 Å². The van der Waals surface area contributed by atoms with E-state index in [0.717, 1.165) is 39.5 Å². The molecule has 5 aromatic rings. The van der Waals surface area contributed by atoms with Crippen LogP contribution in [0.2, 0.25) is 0 Å². The van der Waals surface area contributed by atoms with Crippen LogP contribution in [0.25, 0.3) is 10.8 Å². The monoisotopic (exact) mass is 1000 g/mol. The smallest absolute Gasteiger partial charge is 0.412 e. The van der Waals surface area contributed by atoms with E-state index < -0.39 is 40.8 Å². The highest BCUT2D eigenvalue weighted by Gasteiger charge is 2.66. The molecular weight excluding hydrogens is 940 g/mol. The van der Waals surface area contributed by atoms with Gasteiger partial charge in [0.25, 0.3) is 5.69 Å². The average molecular weight is 1000 g/mol. The van der Waals surface area contributed by atoms with Crippen LogP contribution in [-0.2, 0) is 34.0 Å². The summed E-state index contributed by atoms with van der Waals surface area (Å²) in [5.41, 5.74) is 4.43. The van der Waals surface area contributed by atoms with Gasteiger partial charge in [-0.05, 0) is 101 Å². The number of nitro groups is 1. The summed E-state index contributed by atoms with van der Waals surface area (Å²) in [6.07, 6.45) is 6.63. The average Bonchev–Trinajstić information content (AvgIpc) is 3.40. The van der Waals surface area contributed by atoms with Crippen LogP contribution in [0.5, 0.6) is 11.5 Å². The van der Waals surface area contributed by atoms with Crippen LogP contribution < -0.4 is 14.8 Å². The Hall–Kier alpha value is -6.78. The summed E-state index contributed by atoms with van der Waals surface area (Å²) < 4.78 is 26.5. The minimum absolute atomic E-state index is 0.0117. The number of amides is 2. The predicted octanol–water partition coefficient (Wildman–Crippen LogP) is 10.7. The summed E-state index contributed by atoms with van der Waals surface area (Å²) in [7, 11) is 0. The molecule has 378 valence electrons. The molecule has 6 atom stereocenters. The number of nitro benzene ring substituents is 1. The molecular formula is C56H61ClN4O11. The number of fused-ring (bicyclic) bond motifs is 3. The number of rotatable bonds is 23. The molecule has 2 aliphatic carbocycles. The summed E-state index contributed by atoms with van der Waals surface area (Å²) in [5.74, 6) is -2.10. The Morgan fingerprint density at radius 3 is 2.43 bits per heavy atom. The van der Waals surface area contributed by atoms with E-state index in [2.05, 4.69) is 18.0 Å². The first kappa shape index (κ1) is 51.6. The van der Waals surface area contributed by atoms with Gasteiger partial charge >= 0.3 is 12.2 Å². The molecule has 16 heteroatoms. The molecule has 72 heavy (non-hydrogen) atoms. The van der Waals surface area contributed by atoms with Gasteiger partial charge in [0.15, 0.2) is 0 Å². The van der Waals surface area contributed by atoms with Gasteiger partial charge < -0.3 is 39.3 Å². The Labute approximate surface area is 424 Å². The molecule has 3 aliphatic rings. The number of oxime groups is 1. The number of aliphatic hydroxyl groups excluding tert-OH is 2. The lowest BCUT2D eigenvalue weighted by Crippen LogP contribution is -2.70. The summed E-state index contributed by atoms with van der Waals surface area (Å²) in [5, 5.41) is 41.2. The van der Waals surface area contributed by atoms with Crippen molar-refractivity contribution in [1.29, 1.82) is 0 Å². The maximum atomic E-state index is 14.9. The fourth-order valence-electron chi connectivity index (χ4n) is 10.6. The number of aliphatic hydroxyl groups is 2. The molecule has 1 fully saturated rings. The van der Waals surface area contributed by atoms with Crippen LogP contribution in [0, 0.1) is 27.9 Å². The van der Waals surface area contributed by atoms with Gasteiger partial charge in [0.1, 0.15) is 30.8 Å². The van der Waals surface area contributed by atoms with E-state index in [-0.39, 0.29) is 75.9 Å². The van der Waals surface area contributed by atoms with Gasteiger partial charge in [-0.25, -0.2) is 9.59 Å². The molecule has 8 rings (SSSR count). The molecule has 0 radical (unpaired) electrons. The zero-order chi connectivity index (χ0) is 50.5. The third-order valence-corrected chi connectivity index (χ3v) is 14.0. The summed E-state index contributed by atoms with van der Waals surface area (Å²) >= 11 is 6.18. The lowest BCUT2D eigenvalue weighted by Gasteiger charge is -2.59. The highest BCUT2D eigenvalue weighted by Crippen LogP contribution is 2.62. The van der Waals surface area contributed by atoms with Crippen LogP contribution in [0.3, 0.4) is 0 Å². The molecule has 0 spiro atoms. The molecule has 0 aromatic heterocycles. The number of unbranched alkanes of at least 4 members (excludes halogenated alkanes) is 2. The molecule has 1 saturated carbocycles. The number of ether oxygens (including phenoxy) is 4. The van der Waals surface area contributed by atoms with Crippen LogP contribution in [0.15, 0.2) is 145 Å². The first-order valence-corrected chi connectivity index (χ1v) is 25.1. The number of hydrogen-bond acceptors (Lipinski definition) is 12. The first-order valence-electron chi connectivity index (χ1n) is 24.6. The minimum Gasteiger partial charge on any atom is -0.459 e. The number of carbonyl (C=O) groups excluding carboxylic acids is 2. The van der Waals surface area contributed by atoms with Gasteiger partial charge in [0, 0.05) is 49.8 Å². The number of halogens is 1. The molecule has 1 heterocycles. The van der Waals surface area contributed by atoms with Gasteiger partial charge in [-0.2, -0.15) is 0 Å². The molecule has 2 amide bonds. The lowest BCUT2D eigenvalue weighted by atomic mass is 9.55. The Bertz CT molecular complexity index is 2730. The van der Waals surface area contributed by atoms with Crippen molar-refractivity contribution >= 4 is 46.0 Å². The Morgan fingerprint density at radius 1 is 0.931 bits per heavy atom. The molecule has 0 bridgehead atoms. The second-order valence-electron chi connectivity index (χ2n) is 18.3. The van der Waals surface area contributed by atoms with Crippen LogP contribution in [-0.4, -0.2) is 82.1 Å². The van der Waals surface area contributed by atoms with Crippen molar-refractivity contribution < 1.29 is 48.5 Å². The molecule has 15 nitrogen and oxygen atoms in total. The van der Waals surface area contributed by atoms with Crippen LogP contribution >= 0.6 is 11.6 Å². The van der Waals surface area contributed by atoms with Gasteiger partial charge in [-0.3, -0.25) is 15.0 Å². The fraction of sp³-hybridized carbons (Fsp3) is 0.375. The third-order valence-electron chi connectivity index (χ3n) is 13.8. The van der Waals surface area contributed by atoms with Crippen molar-refractivity contribution in [3.8, 4) is 11.5 Å². The number of allylic oxidation sites excluding steroid dienone is 1. The van der Waals surface area contributed by atoms with Gasteiger partial charge in [0.2, 0.25) is 5.79 Å². The standard InChI is InChI=1S/C56H61ClN4O11/c1-2-30-69-56-51(60(55(65)68-31-27-57)36-42-18-12-17-40-15-6-7-19-45(40)42)34-49(59-70-37-39-21-23-43(24-22-39)61(66)67)47-32-41(16-8-10-28-62)46(20-9-11-29-63)52(53(47)56)48-33-44(25-26-50(48)72-56)71-54(64)58-35-38-13-4-3-5-14-38/h2-7,12-15,17-19,21-26,32-33,41,46,51-53,62-63H,1,8-11,16,20,27-31,34-37H2,(H,58,64)/t41-,46+,51-,52+,53+,56+/m0/s1. The largest absolute Gasteiger partial charge is 0.459 e. The second-order valence-corrected chi connectivity index (χ2v) is 18.6. The zero-order valence-electron chi connectivity index (χ0n) is 40.1. The van der Waals surface area contributed by atoms with E-state index >= 15 is 0 Å². The van der Waals surface area contributed by atoms with Crippen molar-refractivity contribution in [2.45, 2.75) is 82.4 Å². The molecule has 0 saturated heterocycles. The third kappa shape index (κ3) is 11.8. The van der Waals surface area contributed by atoms with E-state index in [1.54, 1.807) is 35.2 Å². The zero-order valence-corrected chi connectivity index (χ0v) is 40.9. The molecule has 5 aromatic carbocycles. The van der Waals surface area contributed by atoms with Gasteiger partial charge in [-0.1, -0.05) is 103 Å². The summed E-state index contributed by atoms with van der Waals surface area (Å²) in [6.45, 7) is 4.37. The van der Waals surface area contributed by atoms with Gasteiger partial charge in [-0.15, -0.1) is 18.2 Å². The van der Waals surface area contributed by atoms with E-state index in [1.165, 1.54) is 12.1 Å². The fourth-order valence-corrected chi connectivity index (χ4v) is 10.7. The molecule has 3 N–H and O–H groups in total. The van der Waals surface area contributed by atoms with Crippen molar-refractivity contribution in [1.82, 2.24) is 10.2 Å². The SMILES string of the molecule is C=CCO[C@@]12Oc3ccc(OC(=O)NCc4ccccc4)cc3[C@H]3[C@H](CCCCO)[C@@H](CCCCO)C=C(C(=NOCc4ccc([N+](=O)[O-])cc4)C[C@@H]1N(Cc1cccc4ccccc14)C(=O)OCCCl)[C@H]32. The Balaban J connectivity index is 1.31. The predicted molar refractivity (Wildman–Crippen MR) is 274 cm³/mol. The number of non-ortho nitro benzene ring substituents is 1. The van der Waals surface area contributed by atoms with E-state index in [1.807, 2.05) is 78.9 Å². The number of carbonyl (C=O) groups is 2.